The van der Waals surface area contributed by atoms with E-state index >= 15 is 0 Å². The highest BCUT2D eigenvalue weighted by molar-refractivity contribution is 5.93. The van der Waals surface area contributed by atoms with Crippen molar-refractivity contribution < 1.29 is 4.79 Å². The lowest BCUT2D eigenvalue weighted by atomic mass is 10.0. The first-order valence-corrected chi connectivity index (χ1v) is 11.6. The van der Waals surface area contributed by atoms with E-state index in [1.54, 1.807) is 6.08 Å². The van der Waals surface area contributed by atoms with Crippen LogP contribution >= 0.6 is 0 Å². The van der Waals surface area contributed by atoms with Crippen LogP contribution in [-0.2, 0) is 4.79 Å². The number of hydrogen-bond acceptors (Lipinski definition) is 1. The number of rotatable bonds is 18. The third kappa shape index (κ3) is 15.4. The van der Waals surface area contributed by atoms with Gasteiger partial charge < -0.3 is 0 Å². The monoisotopic (exact) mass is 370 g/mol. The third-order valence-electron chi connectivity index (χ3n) is 5.29. The fourth-order valence-corrected chi connectivity index (χ4v) is 3.51. The van der Waals surface area contributed by atoms with Crippen LogP contribution < -0.4 is 0 Å². The van der Waals surface area contributed by atoms with Crippen LogP contribution in [0.2, 0.25) is 0 Å². The van der Waals surface area contributed by atoms with E-state index in [1.165, 1.54) is 89.9 Å². The molecule has 0 fully saturated rings. The molecule has 0 saturated carbocycles. The molecule has 0 aliphatic heterocycles. The standard InChI is InChI=1S/C26H42O/c1-2-3-4-5-6-7-8-9-10-11-12-13-14-15-19-22-26(27)24-23-25-20-17-16-18-21-25/h16-18,20-21,23-24H,2-15,19,22H2,1H3. The summed E-state index contributed by atoms with van der Waals surface area (Å²) in [5, 5.41) is 0. The van der Waals surface area contributed by atoms with Gasteiger partial charge in [-0.2, -0.15) is 0 Å². The molecule has 0 aliphatic rings. The first-order chi connectivity index (χ1) is 13.3. The maximum atomic E-state index is 11.9. The van der Waals surface area contributed by atoms with Crippen LogP contribution in [0.25, 0.3) is 6.08 Å². The van der Waals surface area contributed by atoms with Gasteiger partial charge in [-0.1, -0.05) is 133 Å². The van der Waals surface area contributed by atoms with Crippen molar-refractivity contribution in [2.24, 2.45) is 0 Å². The molecule has 0 bridgehead atoms. The van der Waals surface area contributed by atoms with Crippen molar-refractivity contribution in [3.05, 3.63) is 42.0 Å². The molecule has 0 saturated heterocycles. The Morgan fingerprint density at radius 2 is 1.11 bits per heavy atom. The van der Waals surface area contributed by atoms with Crippen LogP contribution in [0.5, 0.6) is 0 Å². The van der Waals surface area contributed by atoms with Gasteiger partial charge >= 0.3 is 0 Å². The van der Waals surface area contributed by atoms with E-state index in [2.05, 4.69) is 6.92 Å². The minimum atomic E-state index is 0.258. The Kier molecular flexibility index (Phi) is 15.8. The van der Waals surface area contributed by atoms with E-state index in [9.17, 15) is 4.79 Å². The van der Waals surface area contributed by atoms with E-state index in [4.69, 9.17) is 0 Å². The maximum Gasteiger partial charge on any atom is 0.155 e. The predicted molar refractivity (Wildman–Crippen MR) is 120 cm³/mol. The third-order valence-corrected chi connectivity index (χ3v) is 5.29. The van der Waals surface area contributed by atoms with Crippen LogP contribution in [0.15, 0.2) is 36.4 Å². The fraction of sp³-hybridized carbons (Fsp3) is 0.654. The molecule has 0 amide bonds. The van der Waals surface area contributed by atoms with Gasteiger partial charge in [0.1, 0.15) is 0 Å². The average molecular weight is 371 g/mol. The van der Waals surface area contributed by atoms with Gasteiger partial charge in [-0.15, -0.1) is 0 Å². The number of carbonyl (C=O) groups is 1. The zero-order chi connectivity index (χ0) is 19.4. The molecule has 0 heterocycles. The molecule has 1 nitrogen and oxygen atoms in total. The van der Waals surface area contributed by atoms with E-state index in [0.29, 0.717) is 6.42 Å². The second-order valence-corrected chi connectivity index (χ2v) is 7.91. The highest BCUT2D eigenvalue weighted by atomic mass is 16.1. The van der Waals surface area contributed by atoms with Gasteiger partial charge in [0.15, 0.2) is 5.78 Å². The molecule has 1 aromatic carbocycles. The van der Waals surface area contributed by atoms with Gasteiger partial charge in [0.05, 0.1) is 0 Å². The summed E-state index contributed by atoms with van der Waals surface area (Å²) in [5.41, 5.74) is 1.10. The van der Waals surface area contributed by atoms with Crippen molar-refractivity contribution >= 4 is 11.9 Å². The second kappa shape index (κ2) is 18.0. The van der Waals surface area contributed by atoms with Crippen molar-refractivity contribution in [3.63, 3.8) is 0 Å². The van der Waals surface area contributed by atoms with Crippen molar-refractivity contribution in [2.45, 2.75) is 110 Å². The Labute approximate surface area is 168 Å². The van der Waals surface area contributed by atoms with Gasteiger partial charge in [-0.05, 0) is 18.1 Å². The summed E-state index contributed by atoms with van der Waals surface area (Å²) in [4.78, 5) is 11.9. The fourth-order valence-electron chi connectivity index (χ4n) is 3.51. The van der Waals surface area contributed by atoms with Crippen molar-refractivity contribution in [3.8, 4) is 0 Å². The molecular weight excluding hydrogens is 328 g/mol. The van der Waals surface area contributed by atoms with E-state index in [1.807, 2.05) is 36.4 Å². The van der Waals surface area contributed by atoms with Crippen LogP contribution in [-0.4, -0.2) is 5.78 Å². The summed E-state index contributed by atoms with van der Waals surface area (Å²) < 4.78 is 0. The Morgan fingerprint density at radius 3 is 1.59 bits per heavy atom. The van der Waals surface area contributed by atoms with Gasteiger partial charge in [0, 0.05) is 6.42 Å². The Balaban J connectivity index is 1.81. The summed E-state index contributed by atoms with van der Waals surface area (Å²) in [5.74, 6) is 0.258. The smallest absolute Gasteiger partial charge is 0.155 e. The van der Waals surface area contributed by atoms with E-state index < -0.39 is 0 Å². The largest absolute Gasteiger partial charge is 0.295 e. The van der Waals surface area contributed by atoms with Gasteiger partial charge in [0.25, 0.3) is 0 Å². The summed E-state index contributed by atoms with van der Waals surface area (Å²) in [6.07, 6.45) is 24.8. The summed E-state index contributed by atoms with van der Waals surface area (Å²) in [7, 11) is 0. The van der Waals surface area contributed by atoms with E-state index in [0.717, 1.165) is 12.0 Å². The highest BCUT2D eigenvalue weighted by Crippen LogP contribution is 2.14. The van der Waals surface area contributed by atoms with Gasteiger partial charge in [-0.3, -0.25) is 4.79 Å². The number of benzene rings is 1. The minimum absolute atomic E-state index is 0.258. The van der Waals surface area contributed by atoms with Crippen molar-refractivity contribution in [1.82, 2.24) is 0 Å². The Bertz CT molecular complexity index is 474. The molecule has 1 heteroatoms. The molecule has 1 aromatic rings. The molecule has 0 atom stereocenters. The molecule has 0 spiro atoms. The SMILES string of the molecule is CCCCCCCCCCCCCCCCCC(=O)C=Cc1ccccc1. The molecular formula is C26H42O. The lowest BCUT2D eigenvalue weighted by Crippen LogP contribution is -1.92. The Hall–Kier alpha value is -1.37. The molecule has 0 aromatic heterocycles. The topological polar surface area (TPSA) is 17.1 Å². The van der Waals surface area contributed by atoms with Gasteiger partial charge in [0.2, 0.25) is 0 Å². The lowest BCUT2D eigenvalue weighted by molar-refractivity contribution is -0.114. The zero-order valence-electron chi connectivity index (χ0n) is 17.8. The molecule has 0 N–H and O–H groups in total. The molecule has 152 valence electrons. The molecule has 1 rings (SSSR count). The first kappa shape index (κ1) is 23.7. The maximum absolute atomic E-state index is 11.9. The highest BCUT2D eigenvalue weighted by Gasteiger charge is 1.98. The Morgan fingerprint density at radius 1 is 0.667 bits per heavy atom. The van der Waals surface area contributed by atoms with Crippen molar-refractivity contribution in [2.75, 3.05) is 0 Å². The number of allylic oxidation sites excluding steroid dienone is 1. The number of carbonyl (C=O) groups excluding carboxylic acids is 1. The lowest BCUT2D eigenvalue weighted by Gasteiger charge is -2.03. The zero-order valence-corrected chi connectivity index (χ0v) is 17.8. The summed E-state index contributed by atoms with van der Waals surface area (Å²) >= 11 is 0. The summed E-state index contributed by atoms with van der Waals surface area (Å²) in [6, 6.07) is 10.0. The van der Waals surface area contributed by atoms with E-state index in [-0.39, 0.29) is 5.78 Å². The van der Waals surface area contributed by atoms with Crippen LogP contribution in [0.4, 0.5) is 0 Å². The minimum Gasteiger partial charge on any atom is -0.295 e. The molecule has 0 unspecified atom stereocenters. The van der Waals surface area contributed by atoms with Crippen LogP contribution in [0.3, 0.4) is 0 Å². The molecule has 0 aliphatic carbocycles. The van der Waals surface area contributed by atoms with Gasteiger partial charge in [-0.25, -0.2) is 0 Å². The average Bonchev–Trinajstić information content (AvgIpc) is 2.70. The number of unbranched alkanes of at least 4 members (excludes halogenated alkanes) is 14. The molecule has 0 radical (unpaired) electrons. The number of hydrogen-bond donors (Lipinski definition) is 0. The number of ketones is 1. The summed E-state index contributed by atoms with van der Waals surface area (Å²) in [6.45, 7) is 2.28. The normalized spacial score (nSPS) is 11.3. The quantitative estimate of drug-likeness (QED) is 0.187. The predicted octanol–water partition coefficient (Wildman–Crippen LogP) is 8.53. The van der Waals surface area contributed by atoms with Crippen LogP contribution in [0, 0.1) is 0 Å². The first-order valence-electron chi connectivity index (χ1n) is 11.6. The second-order valence-electron chi connectivity index (χ2n) is 7.91. The van der Waals surface area contributed by atoms with Crippen LogP contribution in [0.1, 0.15) is 115 Å². The molecule has 27 heavy (non-hydrogen) atoms. The van der Waals surface area contributed by atoms with Crippen molar-refractivity contribution in [1.29, 1.82) is 0 Å².